The van der Waals surface area contributed by atoms with E-state index in [1.807, 2.05) is 6.07 Å². The van der Waals surface area contributed by atoms with Crippen LogP contribution in [-0.2, 0) is 19.1 Å². The van der Waals surface area contributed by atoms with Crippen LogP contribution < -0.4 is 0 Å². The largest absolute Gasteiger partial charge is 0.490 e. The van der Waals surface area contributed by atoms with Gasteiger partial charge in [-0.15, -0.1) is 0 Å². The summed E-state index contributed by atoms with van der Waals surface area (Å²) in [5, 5.41) is 8.83. The van der Waals surface area contributed by atoms with E-state index in [0.717, 1.165) is 5.56 Å². The molecule has 5 nitrogen and oxygen atoms in total. The zero-order valence-electron chi connectivity index (χ0n) is 9.75. The molecule has 0 radical (unpaired) electrons. The van der Waals surface area contributed by atoms with Gasteiger partial charge in [-0.1, -0.05) is 30.3 Å². The number of methoxy groups -OCH3 is 1. The second-order valence-corrected chi connectivity index (χ2v) is 3.80. The molecular weight excluding hydrogens is 236 g/mol. The van der Waals surface area contributed by atoms with Crippen molar-refractivity contribution in [3.8, 4) is 0 Å². The predicted octanol–water partition coefficient (Wildman–Crippen LogP) is 1.44. The van der Waals surface area contributed by atoms with Gasteiger partial charge >= 0.3 is 11.9 Å². The fourth-order valence-electron chi connectivity index (χ4n) is 1.93. The second-order valence-electron chi connectivity index (χ2n) is 3.80. The van der Waals surface area contributed by atoms with Crippen molar-refractivity contribution in [2.24, 2.45) is 0 Å². The Morgan fingerprint density at radius 2 is 2.06 bits per heavy atom. The van der Waals surface area contributed by atoms with E-state index in [2.05, 4.69) is 0 Å². The number of carbonyl (C=O) groups excluding carboxylic acids is 1. The maximum atomic E-state index is 11.6. The molecule has 1 heterocycles. The number of carbonyl (C=O) groups is 2. The average molecular weight is 248 g/mol. The lowest BCUT2D eigenvalue weighted by molar-refractivity contribution is -0.146. The minimum Gasteiger partial charge on any atom is -0.490 e. The van der Waals surface area contributed by atoms with E-state index in [-0.39, 0.29) is 12.2 Å². The molecule has 0 amide bonds. The number of esters is 1. The summed E-state index contributed by atoms with van der Waals surface area (Å²) in [7, 11) is 1.36. The highest BCUT2D eigenvalue weighted by Gasteiger charge is 2.37. The highest BCUT2D eigenvalue weighted by atomic mass is 16.6. The number of hydrogen-bond donors (Lipinski definition) is 1. The highest BCUT2D eigenvalue weighted by molar-refractivity contribution is 6.01. The minimum atomic E-state index is -1.03. The van der Waals surface area contributed by atoms with Crippen molar-refractivity contribution in [3.05, 3.63) is 41.7 Å². The topological polar surface area (TPSA) is 72.8 Å². The van der Waals surface area contributed by atoms with Crippen molar-refractivity contribution in [3.63, 3.8) is 0 Å². The number of hydrogen-bond acceptors (Lipinski definition) is 4. The van der Waals surface area contributed by atoms with E-state index in [0.29, 0.717) is 5.57 Å². The zero-order chi connectivity index (χ0) is 13.1. The maximum Gasteiger partial charge on any atom is 0.374 e. The smallest absolute Gasteiger partial charge is 0.374 e. The molecule has 0 saturated heterocycles. The number of benzene rings is 1. The third-order valence-corrected chi connectivity index (χ3v) is 2.65. The molecule has 2 rings (SSSR count). The Hall–Kier alpha value is -2.30. The molecule has 0 saturated carbocycles. The van der Waals surface area contributed by atoms with Gasteiger partial charge in [-0.3, -0.25) is 4.79 Å². The Morgan fingerprint density at radius 3 is 2.61 bits per heavy atom. The molecule has 1 aliphatic rings. The van der Waals surface area contributed by atoms with Gasteiger partial charge in [0.2, 0.25) is 5.76 Å². The summed E-state index contributed by atoms with van der Waals surface area (Å²) in [5.74, 6) is -1.58. The molecule has 0 spiro atoms. The Balaban J connectivity index is 2.44. The van der Waals surface area contributed by atoms with Crippen LogP contribution in [-0.4, -0.2) is 30.3 Å². The Labute approximate surface area is 104 Å². The summed E-state index contributed by atoms with van der Waals surface area (Å²) in [6, 6.07) is 9.00. The van der Waals surface area contributed by atoms with E-state index in [9.17, 15) is 9.59 Å². The number of carboxylic acids is 1. The third-order valence-electron chi connectivity index (χ3n) is 2.65. The Bertz CT molecular complexity index is 503. The summed E-state index contributed by atoms with van der Waals surface area (Å²) in [6.45, 7) is 0. The molecule has 1 aliphatic heterocycles. The van der Waals surface area contributed by atoms with Crippen LogP contribution >= 0.6 is 0 Å². The summed E-state index contributed by atoms with van der Waals surface area (Å²) in [6.07, 6.45) is -1.07. The van der Waals surface area contributed by atoms with Crippen LogP contribution in [0.1, 0.15) is 12.0 Å². The van der Waals surface area contributed by atoms with Gasteiger partial charge in [0.25, 0.3) is 0 Å². The van der Waals surface area contributed by atoms with Crippen molar-refractivity contribution >= 4 is 17.5 Å². The van der Waals surface area contributed by atoms with E-state index in [1.165, 1.54) is 7.11 Å². The molecule has 0 unspecified atom stereocenters. The van der Waals surface area contributed by atoms with Gasteiger partial charge in [0.15, 0.2) is 0 Å². The highest BCUT2D eigenvalue weighted by Crippen LogP contribution is 2.33. The van der Waals surface area contributed by atoms with Crippen LogP contribution in [0, 0.1) is 0 Å². The van der Waals surface area contributed by atoms with Crippen LogP contribution in [0.4, 0.5) is 0 Å². The van der Waals surface area contributed by atoms with Crippen LogP contribution in [0.2, 0.25) is 0 Å². The molecule has 5 heteroatoms. The molecule has 1 aromatic rings. The third kappa shape index (κ3) is 2.20. The van der Waals surface area contributed by atoms with Crippen LogP contribution in [0.5, 0.6) is 0 Å². The van der Waals surface area contributed by atoms with Crippen molar-refractivity contribution in [1.29, 1.82) is 0 Å². The molecule has 1 aromatic carbocycles. The Kier molecular flexibility index (Phi) is 3.32. The zero-order valence-corrected chi connectivity index (χ0v) is 9.75. The first-order valence-electron chi connectivity index (χ1n) is 5.40. The van der Waals surface area contributed by atoms with Gasteiger partial charge in [-0.05, 0) is 5.56 Å². The van der Waals surface area contributed by atoms with Crippen molar-refractivity contribution in [2.45, 2.75) is 12.5 Å². The van der Waals surface area contributed by atoms with Crippen molar-refractivity contribution in [2.75, 3.05) is 7.11 Å². The number of carboxylic acid groups (broad SMARTS) is 1. The van der Waals surface area contributed by atoms with E-state index < -0.39 is 18.0 Å². The van der Waals surface area contributed by atoms with Crippen LogP contribution in [0.15, 0.2) is 36.1 Å². The number of aliphatic carboxylic acids is 1. The minimum absolute atomic E-state index is 0.0763. The molecular formula is C13H12O5. The SMILES string of the molecule is COC1=C(c2ccccc2)[C@@H](CC(=O)O)OC1=O. The first-order valence-corrected chi connectivity index (χ1v) is 5.40. The van der Waals surface area contributed by atoms with Crippen LogP contribution in [0.3, 0.4) is 0 Å². The standard InChI is InChI=1S/C13H12O5/c1-17-12-11(8-5-3-2-4-6-8)9(7-10(14)15)18-13(12)16/h2-6,9H,7H2,1H3,(H,14,15)/t9-/m1/s1. The van der Waals surface area contributed by atoms with Gasteiger partial charge < -0.3 is 14.6 Å². The van der Waals surface area contributed by atoms with Crippen molar-refractivity contribution in [1.82, 2.24) is 0 Å². The van der Waals surface area contributed by atoms with Gasteiger partial charge in [-0.2, -0.15) is 0 Å². The lowest BCUT2D eigenvalue weighted by Gasteiger charge is -2.11. The van der Waals surface area contributed by atoms with E-state index >= 15 is 0 Å². The number of rotatable bonds is 4. The second kappa shape index (κ2) is 4.91. The van der Waals surface area contributed by atoms with E-state index in [4.69, 9.17) is 14.6 Å². The summed E-state index contributed by atoms with van der Waals surface area (Å²) in [5.41, 5.74) is 1.22. The van der Waals surface area contributed by atoms with Crippen LogP contribution in [0.25, 0.3) is 5.57 Å². The predicted molar refractivity (Wildman–Crippen MR) is 62.5 cm³/mol. The van der Waals surface area contributed by atoms with Gasteiger partial charge in [-0.25, -0.2) is 4.79 Å². The average Bonchev–Trinajstić information content (AvgIpc) is 2.65. The summed E-state index contributed by atoms with van der Waals surface area (Å²) >= 11 is 0. The maximum absolute atomic E-state index is 11.6. The molecule has 1 N–H and O–H groups in total. The fraction of sp³-hybridized carbons (Fsp3) is 0.231. The lowest BCUT2D eigenvalue weighted by Crippen LogP contribution is -2.16. The molecule has 0 fully saturated rings. The fourth-order valence-corrected chi connectivity index (χ4v) is 1.93. The van der Waals surface area contributed by atoms with Gasteiger partial charge in [0, 0.05) is 0 Å². The summed E-state index contributed by atoms with van der Waals surface area (Å²) in [4.78, 5) is 22.4. The first-order chi connectivity index (χ1) is 8.63. The molecule has 94 valence electrons. The van der Waals surface area contributed by atoms with Gasteiger partial charge in [0.1, 0.15) is 6.10 Å². The number of ether oxygens (including phenoxy) is 2. The Morgan fingerprint density at radius 1 is 1.39 bits per heavy atom. The quantitative estimate of drug-likeness (QED) is 0.816. The first kappa shape index (κ1) is 12.2. The van der Waals surface area contributed by atoms with Crippen molar-refractivity contribution < 1.29 is 24.2 Å². The molecule has 1 atom stereocenters. The molecule has 18 heavy (non-hydrogen) atoms. The number of cyclic esters (lactones) is 1. The summed E-state index contributed by atoms with van der Waals surface area (Å²) < 4.78 is 10.0. The van der Waals surface area contributed by atoms with Gasteiger partial charge in [0.05, 0.1) is 19.1 Å². The monoisotopic (exact) mass is 248 g/mol. The molecule has 0 aromatic heterocycles. The van der Waals surface area contributed by atoms with E-state index in [1.54, 1.807) is 24.3 Å². The normalized spacial score (nSPS) is 18.7. The molecule has 0 bridgehead atoms. The molecule has 0 aliphatic carbocycles. The lowest BCUT2D eigenvalue weighted by atomic mass is 9.98.